The smallest absolute Gasteiger partial charge is 0.220 e. The summed E-state index contributed by atoms with van der Waals surface area (Å²) in [4.78, 5) is 14.9. The second-order valence-electron chi connectivity index (χ2n) is 7.56. The highest BCUT2D eigenvalue weighted by atomic mass is 16.3. The third-order valence-electron chi connectivity index (χ3n) is 5.49. The molecule has 29 heavy (non-hydrogen) atoms. The molecule has 3 heterocycles. The minimum Gasteiger partial charge on any atom is -0.468 e. The first kappa shape index (κ1) is 19.5. The molecule has 1 N–H and O–H groups in total. The van der Waals surface area contributed by atoms with Crippen LogP contribution in [-0.2, 0) is 11.2 Å². The molecule has 4 rings (SSSR count). The van der Waals surface area contributed by atoms with Crippen molar-refractivity contribution in [2.75, 3.05) is 19.6 Å². The average molecular weight is 393 g/mol. The van der Waals surface area contributed by atoms with Gasteiger partial charge in [0.15, 0.2) is 0 Å². The molecule has 0 bridgehead atoms. The Kier molecular flexibility index (Phi) is 6.42. The topological polar surface area (TPSA) is 63.3 Å². The molecule has 0 saturated carbocycles. The molecule has 1 fully saturated rings. The summed E-state index contributed by atoms with van der Waals surface area (Å²) in [6.07, 6.45) is 10.3. The molecule has 1 aromatic carbocycles. The van der Waals surface area contributed by atoms with Crippen molar-refractivity contribution < 1.29 is 9.21 Å². The Morgan fingerprint density at radius 3 is 2.69 bits per heavy atom. The molecule has 1 aliphatic rings. The molecule has 2 aromatic heterocycles. The average Bonchev–Trinajstić information content (AvgIpc) is 3.46. The zero-order valence-electron chi connectivity index (χ0n) is 16.7. The number of hydrogen-bond acceptors (Lipinski definition) is 4. The first-order valence-electron chi connectivity index (χ1n) is 10.4. The number of furan rings is 1. The van der Waals surface area contributed by atoms with E-state index in [1.807, 2.05) is 59.5 Å². The molecular weight excluding hydrogens is 364 g/mol. The number of rotatable bonds is 8. The number of aryl methyl sites for hydroxylation is 1. The zero-order chi connectivity index (χ0) is 19.9. The summed E-state index contributed by atoms with van der Waals surface area (Å²) in [7, 11) is 0. The highest BCUT2D eigenvalue weighted by Gasteiger charge is 2.24. The quantitative estimate of drug-likeness (QED) is 0.634. The van der Waals surface area contributed by atoms with Crippen LogP contribution in [0.2, 0.25) is 0 Å². The fourth-order valence-corrected chi connectivity index (χ4v) is 3.89. The van der Waals surface area contributed by atoms with Gasteiger partial charge in [0.25, 0.3) is 0 Å². The van der Waals surface area contributed by atoms with E-state index in [4.69, 9.17) is 4.42 Å². The van der Waals surface area contributed by atoms with Crippen LogP contribution in [0, 0.1) is 0 Å². The van der Waals surface area contributed by atoms with Crippen molar-refractivity contribution in [3.8, 4) is 5.69 Å². The van der Waals surface area contributed by atoms with Crippen molar-refractivity contribution in [1.82, 2.24) is 20.0 Å². The summed E-state index contributed by atoms with van der Waals surface area (Å²) >= 11 is 0. The van der Waals surface area contributed by atoms with Gasteiger partial charge in [-0.15, -0.1) is 0 Å². The zero-order valence-corrected chi connectivity index (χ0v) is 16.7. The van der Waals surface area contributed by atoms with Crippen LogP contribution in [0.15, 0.2) is 65.5 Å². The number of likely N-dealkylation sites (tertiary alicyclic amines) is 1. The third kappa shape index (κ3) is 5.15. The van der Waals surface area contributed by atoms with Gasteiger partial charge in [0.05, 0.1) is 24.2 Å². The van der Waals surface area contributed by atoms with E-state index in [0.29, 0.717) is 19.4 Å². The monoisotopic (exact) mass is 392 g/mol. The van der Waals surface area contributed by atoms with Crippen molar-refractivity contribution in [2.24, 2.45) is 0 Å². The third-order valence-corrected chi connectivity index (χ3v) is 5.49. The molecule has 1 amide bonds. The van der Waals surface area contributed by atoms with Gasteiger partial charge in [-0.3, -0.25) is 9.69 Å². The first-order chi connectivity index (χ1) is 14.3. The van der Waals surface area contributed by atoms with E-state index in [1.165, 1.54) is 19.3 Å². The van der Waals surface area contributed by atoms with Gasteiger partial charge in [0.2, 0.25) is 5.91 Å². The lowest BCUT2D eigenvalue weighted by Gasteiger charge is -2.33. The van der Waals surface area contributed by atoms with Gasteiger partial charge in [0, 0.05) is 19.2 Å². The highest BCUT2D eigenvalue weighted by Crippen LogP contribution is 2.24. The fourth-order valence-electron chi connectivity index (χ4n) is 3.89. The molecule has 1 atom stereocenters. The Hall–Kier alpha value is -2.86. The maximum atomic E-state index is 12.5. The van der Waals surface area contributed by atoms with Gasteiger partial charge < -0.3 is 9.73 Å². The molecule has 6 heteroatoms. The van der Waals surface area contributed by atoms with Gasteiger partial charge in [-0.25, -0.2) is 4.68 Å². The number of aromatic nitrogens is 2. The highest BCUT2D eigenvalue weighted by molar-refractivity contribution is 5.76. The van der Waals surface area contributed by atoms with E-state index in [1.54, 1.807) is 6.26 Å². The van der Waals surface area contributed by atoms with Crippen LogP contribution in [0.5, 0.6) is 0 Å². The number of carbonyl (C=O) groups is 1. The van der Waals surface area contributed by atoms with E-state index in [0.717, 1.165) is 30.1 Å². The molecule has 0 aliphatic carbocycles. The lowest BCUT2D eigenvalue weighted by molar-refractivity contribution is -0.121. The van der Waals surface area contributed by atoms with Crippen LogP contribution in [0.25, 0.3) is 5.69 Å². The molecule has 0 spiro atoms. The summed E-state index contributed by atoms with van der Waals surface area (Å²) < 4.78 is 7.50. The van der Waals surface area contributed by atoms with E-state index in [2.05, 4.69) is 15.3 Å². The van der Waals surface area contributed by atoms with Gasteiger partial charge in [0.1, 0.15) is 5.76 Å². The second-order valence-corrected chi connectivity index (χ2v) is 7.56. The Bertz CT molecular complexity index is 883. The summed E-state index contributed by atoms with van der Waals surface area (Å²) in [5, 5.41) is 7.51. The van der Waals surface area contributed by atoms with Crippen LogP contribution >= 0.6 is 0 Å². The molecule has 1 unspecified atom stereocenters. The van der Waals surface area contributed by atoms with Crippen LogP contribution in [0.3, 0.4) is 0 Å². The minimum atomic E-state index is 0.0611. The fraction of sp³-hybridized carbons (Fsp3) is 0.391. The molecule has 3 aromatic rings. The number of piperidine rings is 1. The number of benzene rings is 1. The maximum Gasteiger partial charge on any atom is 0.220 e. The first-order valence-corrected chi connectivity index (χ1v) is 10.4. The standard InChI is InChI=1S/C23H28N4O2/c28-23(12-11-19-16-25-27(18-19)20-8-3-1-4-9-20)24-17-21(22-10-7-15-29-22)26-13-5-2-6-14-26/h1,3-4,7-10,15-16,18,21H,2,5-6,11-14,17H2,(H,24,28). The maximum absolute atomic E-state index is 12.5. The van der Waals surface area contributed by atoms with E-state index in [-0.39, 0.29) is 11.9 Å². The van der Waals surface area contributed by atoms with Crippen molar-refractivity contribution in [3.05, 3.63) is 72.4 Å². The van der Waals surface area contributed by atoms with Crippen molar-refractivity contribution >= 4 is 5.91 Å². The van der Waals surface area contributed by atoms with Crippen LogP contribution in [0.1, 0.15) is 43.0 Å². The number of nitrogens with zero attached hydrogens (tertiary/aromatic N) is 3. The lowest BCUT2D eigenvalue weighted by atomic mass is 10.1. The predicted molar refractivity (Wildman–Crippen MR) is 112 cm³/mol. The van der Waals surface area contributed by atoms with Crippen molar-refractivity contribution in [2.45, 2.75) is 38.1 Å². The predicted octanol–water partition coefficient (Wildman–Crippen LogP) is 3.74. The number of amides is 1. The Labute approximate surface area is 171 Å². The Morgan fingerprint density at radius 2 is 1.93 bits per heavy atom. The molecule has 0 radical (unpaired) electrons. The lowest BCUT2D eigenvalue weighted by Crippen LogP contribution is -2.40. The number of hydrogen-bond donors (Lipinski definition) is 1. The van der Waals surface area contributed by atoms with Crippen LogP contribution < -0.4 is 5.32 Å². The van der Waals surface area contributed by atoms with Crippen LogP contribution in [-0.4, -0.2) is 40.2 Å². The van der Waals surface area contributed by atoms with Crippen molar-refractivity contribution in [1.29, 1.82) is 0 Å². The van der Waals surface area contributed by atoms with Gasteiger partial charge in [-0.2, -0.15) is 5.10 Å². The van der Waals surface area contributed by atoms with Gasteiger partial charge in [-0.05, 0) is 62.2 Å². The normalized spacial score (nSPS) is 15.9. The summed E-state index contributed by atoms with van der Waals surface area (Å²) in [5.41, 5.74) is 2.08. The minimum absolute atomic E-state index is 0.0611. The van der Waals surface area contributed by atoms with Crippen molar-refractivity contribution in [3.63, 3.8) is 0 Å². The summed E-state index contributed by atoms with van der Waals surface area (Å²) in [6, 6.07) is 14.0. The molecule has 152 valence electrons. The van der Waals surface area contributed by atoms with E-state index in [9.17, 15) is 4.79 Å². The Morgan fingerprint density at radius 1 is 1.10 bits per heavy atom. The van der Waals surface area contributed by atoms with Gasteiger partial charge >= 0.3 is 0 Å². The second kappa shape index (κ2) is 9.56. The van der Waals surface area contributed by atoms with E-state index >= 15 is 0 Å². The molecule has 1 saturated heterocycles. The Balaban J connectivity index is 1.29. The summed E-state index contributed by atoms with van der Waals surface area (Å²) in [5.74, 6) is 0.988. The largest absolute Gasteiger partial charge is 0.468 e. The number of para-hydroxylation sites is 1. The van der Waals surface area contributed by atoms with E-state index < -0.39 is 0 Å². The molecule has 1 aliphatic heterocycles. The SMILES string of the molecule is O=C(CCc1cnn(-c2ccccc2)c1)NCC(c1ccco1)N1CCCCC1. The van der Waals surface area contributed by atoms with Gasteiger partial charge in [-0.1, -0.05) is 24.6 Å². The number of carbonyl (C=O) groups excluding carboxylic acids is 1. The van der Waals surface area contributed by atoms with Crippen LogP contribution in [0.4, 0.5) is 0 Å². The number of nitrogens with one attached hydrogen (secondary N) is 1. The summed E-state index contributed by atoms with van der Waals surface area (Å²) in [6.45, 7) is 2.69. The molecular formula is C23H28N4O2. The molecule has 6 nitrogen and oxygen atoms in total.